The highest BCUT2D eigenvalue weighted by Crippen LogP contribution is 2.31. The molecule has 0 saturated heterocycles. The van der Waals surface area contributed by atoms with E-state index in [2.05, 4.69) is 17.2 Å². The van der Waals surface area contributed by atoms with Gasteiger partial charge in [-0.05, 0) is 18.6 Å². The molecule has 0 bridgehead atoms. The van der Waals surface area contributed by atoms with Crippen LogP contribution in [-0.4, -0.2) is 17.4 Å². The van der Waals surface area contributed by atoms with E-state index >= 15 is 0 Å². The summed E-state index contributed by atoms with van der Waals surface area (Å²) in [6.07, 6.45) is 4.97. The fourth-order valence-corrected chi connectivity index (χ4v) is 2.77. The van der Waals surface area contributed by atoms with Crippen molar-refractivity contribution >= 4 is 33.1 Å². The first-order valence-corrected chi connectivity index (χ1v) is 6.97. The number of carbonyl (C=O) groups is 1. The Morgan fingerprint density at radius 2 is 2.33 bits per heavy atom. The number of nitrogens with two attached hydrogens (primary N) is 1. The maximum Gasteiger partial charge on any atom is 0.263 e. The molecule has 2 rings (SSSR count). The van der Waals surface area contributed by atoms with Crippen molar-refractivity contribution in [3.8, 4) is 0 Å². The van der Waals surface area contributed by atoms with E-state index in [0.29, 0.717) is 17.1 Å². The molecule has 3 N–H and O–H groups in total. The number of unbranched alkanes of at least 4 members (excludes halogenated alkanes) is 2. The van der Waals surface area contributed by atoms with Gasteiger partial charge in [-0.25, -0.2) is 0 Å². The minimum absolute atomic E-state index is 0.0911. The summed E-state index contributed by atoms with van der Waals surface area (Å²) in [4.78, 5) is 16.8. The van der Waals surface area contributed by atoms with Crippen LogP contribution in [0, 0.1) is 0 Å². The number of carbonyl (C=O) groups excluding carboxylic acids is 1. The fourth-order valence-electron chi connectivity index (χ4n) is 1.77. The summed E-state index contributed by atoms with van der Waals surface area (Å²) in [7, 11) is 0. The first kappa shape index (κ1) is 12.8. The second-order valence-electron chi connectivity index (χ2n) is 4.16. The van der Waals surface area contributed by atoms with Crippen LogP contribution in [0.25, 0.3) is 10.2 Å². The number of hydrogen-bond acceptors (Lipinski definition) is 4. The molecule has 4 nitrogen and oxygen atoms in total. The molecule has 2 aromatic heterocycles. The van der Waals surface area contributed by atoms with E-state index in [-0.39, 0.29) is 5.91 Å². The molecule has 2 aromatic rings. The maximum atomic E-state index is 12.0. The molecular formula is C13H17N3OS. The molecule has 5 heteroatoms. The number of nitrogens with zero attached hydrogens (tertiary/aromatic N) is 1. The van der Waals surface area contributed by atoms with Crippen LogP contribution in [0.3, 0.4) is 0 Å². The van der Waals surface area contributed by atoms with Gasteiger partial charge in [0, 0.05) is 12.7 Å². The number of fused-ring (bicyclic) bond motifs is 1. The Morgan fingerprint density at radius 1 is 1.50 bits per heavy atom. The van der Waals surface area contributed by atoms with Gasteiger partial charge in [-0.3, -0.25) is 9.78 Å². The van der Waals surface area contributed by atoms with E-state index in [9.17, 15) is 4.79 Å². The summed E-state index contributed by atoms with van der Waals surface area (Å²) in [6.45, 7) is 2.84. The van der Waals surface area contributed by atoms with Crippen LogP contribution in [0.15, 0.2) is 18.3 Å². The quantitative estimate of drug-likeness (QED) is 0.815. The molecule has 0 spiro atoms. The van der Waals surface area contributed by atoms with Gasteiger partial charge >= 0.3 is 0 Å². The number of rotatable bonds is 5. The van der Waals surface area contributed by atoms with Crippen molar-refractivity contribution in [1.82, 2.24) is 10.3 Å². The highest BCUT2D eigenvalue weighted by atomic mass is 32.1. The van der Waals surface area contributed by atoms with E-state index in [4.69, 9.17) is 5.73 Å². The van der Waals surface area contributed by atoms with Crippen LogP contribution in [-0.2, 0) is 0 Å². The molecule has 1 amide bonds. The Morgan fingerprint density at radius 3 is 3.06 bits per heavy atom. The van der Waals surface area contributed by atoms with Gasteiger partial charge in [0.1, 0.15) is 10.4 Å². The van der Waals surface area contributed by atoms with Gasteiger partial charge in [0.25, 0.3) is 5.91 Å². The van der Waals surface area contributed by atoms with E-state index in [1.165, 1.54) is 11.3 Å². The summed E-state index contributed by atoms with van der Waals surface area (Å²) in [5.41, 5.74) is 7.17. The number of hydrogen-bond donors (Lipinski definition) is 2. The number of anilines is 1. The van der Waals surface area contributed by atoms with Gasteiger partial charge in [-0.2, -0.15) is 0 Å². The third-order valence-electron chi connectivity index (χ3n) is 2.75. The van der Waals surface area contributed by atoms with E-state index in [0.717, 1.165) is 29.5 Å². The second kappa shape index (κ2) is 5.82. The minimum Gasteiger partial charge on any atom is -0.396 e. The lowest BCUT2D eigenvalue weighted by Crippen LogP contribution is -2.24. The predicted octanol–water partition coefficient (Wildman–Crippen LogP) is 2.80. The van der Waals surface area contributed by atoms with Gasteiger partial charge in [0.2, 0.25) is 0 Å². The van der Waals surface area contributed by atoms with Crippen LogP contribution >= 0.6 is 11.3 Å². The SMILES string of the molecule is CCCCCNC(=O)c1sc2cccnc2c1N. The number of thiophene rings is 1. The molecule has 96 valence electrons. The normalized spacial score (nSPS) is 10.7. The van der Waals surface area contributed by atoms with Crippen LogP contribution in [0.1, 0.15) is 35.9 Å². The standard InChI is InChI=1S/C13H17N3OS/c1-2-3-4-7-16-13(17)12-10(14)11-9(18-12)6-5-8-15-11/h5-6,8H,2-4,7,14H2,1H3,(H,16,17). The molecule has 18 heavy (non-hydrogen) atoms. The number of aromatic nitrogens is 1. The lowest BCUT2D eigenvalue weighted by atomic mass is 10.2. The zero-order valence-electron chi connectivity index (χ0n) is 10.4. The van der Waals surface area contributed by atoms with Crippen LogP contribution in [0.4, 0.5) is 5.69 Å². The molecule has 0 radical (unpaired) electrons. The van der Waals surface area contributed by atoms with Crippen molar-refractivity contribution in [3.05, 3.63) is 23.2 Å². The number of pyridine rings is 1. The minimum atomic E-state index is -0.0911. The number of amides is 1. The summed E-state index contributed by atoms with van der Waals surface area (Å²) >= 11 is 1.40. The lowest BCUT2D eigenvalue weighted by Gasteiger charge is -2.03. The molecule has 0 atom stereocenters. The topological polar surface area (TPSA) is 68.0 Å². The first-order chi connectivity index (χ1) is 8.74. The zero-order valence-corrected chi connectivity index (χ0v) is 11.2. The van der Waals surface area contributed by atoms with Crippen molar-refractivity contribution in [2.24, 2.45) is 0 Å². The van der Waals surface area contributed by atoms with Crippen LogP contribution in [0.5, 0.6) is 0 Å². The summed E-state index contributed by atoms with van der Waals surface area (Å²) in [6, 6.07) is 3.78. The Balaban J connectivity index is 2.10. The van der Waals surface area contributed by atoms with Crippen molar-refractivity contribution in [3.63, 3.8) is 0 Å². The first-order valence-electron chi connectivity index (χ1n) is 6.15. The molecule has 2 heterocycles. The van der Waals surface area contributed by atoms with Gasteiger partial charge in [0.15, 0.2) is 0 Å². The molecule has 0 aliphatic carbocycles. The summed E-state index contributed by atoms with van der Waals surface area (Å²) in [5, 5.41) is 2.90. The molecule has 0 unspecified atom stereocenters. The molecule has 0 aliphatic heterocycles. The Bertz CT molecular complexity index is 550. The van der Waals surface area contributed by atoms with Gasteiger partial charge in [-0.1, -0.05) is 19.8 Å². The van der Waals surface area contributed by atoms with E-state index < -0.39 is 0 Å². The average Bonchev–Trinajstić information content (AvgIpc) is 2.73. The number of nitrogens with one attached hydrogen (secondary N) is 1. The highest BCUT2D eigenvalue weighted by molar-refractivity contribution is 7.21. The molecule has 0 aliphatic rings. The monoisotopic (exact) mass is 263 g/mol. The largest absolute Gasteiger partial charge is 0.396 e. The van der Waals surface area contributed by atoms with Gasteiger partial charge in [-0.15, -0.1) is 11.3 Å². The Kier molecular flexibility index (Phi) is 4.15. The molecule has 0 aromatic carbocycles. The van der Waals surface area contributed by atoms with Crippen LogP contribution < -0.4 is 11.1 Å². The number of nitrogen functional groups attached to an aromatic ring is 1. The van der Waals surface area contributed by atoms with Gasteiger partial charge < -0.3 is 11.1 Å². The van der Waals surface area contributed by atoms with E-state index in [1.807, 2.05) is 12.1 Å². The summed E-state index contributed by atoms with van der Waals surface area (Å²) in [5.74, 6) is -0.0911. The molecule has 0 fully saturated rings. The molecular weight excluding hydrogens is 246 g/mol. The Hall–Kier alpha value is -1.62. The fraction of sp³-hybridized carbons (Fsp3) is 0.385. The predicted molar refractivity (Wildman–Crippen MR) is 75.9 cm³/mol. The third kappa shape index (κ3) is 2.61. The Labute approximate surface area is 110 Å². The van der Waals surface area contributed by atoms with Crippen molar-refractivity contribution in [2.75, 3.05) is 12.3 Å². The summed E-state index contributed by atoms with van der Waals surface area (Å²) < 4.78 is 0.953. The highest BCUT2D eigenvalue weighted by Gasteiger charge is 2.16. The van der Waals surface area contributed by atoms with Crippen LogP contribution in [0.2, 0.25) is 0 Å². The van der Waals surface area contributed by atoms with E-state index in [1.54, 1.807) is 6.20 Å². The van der Waals surface area contributed by atoms with Crippen molar-refractivity contribution in [2.45, 2.75) is 26.2 Å². The maximum absolute atomic E-state index is 12.0. The lowest BCUT2D eigenvalue weighted by molar-refractivity contribution is 0.0958. The van der Waals surface area contributed by atoms with Crippen molar-refractivity contribution < 1.29 is 4.79 Å². The van der Waals surface area contributed by atoms with Crippen molar-refractivity contribution in [1.29, 1.82) is 0 Å². The average molecular weight is 263 g/mol. The zero-order chi connectivity index (χ0) is 13.0. The molecule has 0 saturated carbocycles. The second-order valence-corrected chi connectivity index (χ2v) is 5.21. The smallest absolute Gasteiger partial charge is 0.263 e. The third-order valence-corrected chi connectivity index (χ3v) is 3.91. The van der Waals surface area contributed by atoms with Gasteiger partial charge in [0.05, 0.1) is 10.4 Å².